The Morgan fingerprint density at radius 1 is 1.21 bits per heavy atom. The van der Waals surface area contributed by atoms with Crippen molar-refractivity contribution < 1.29 is 9.59 Å². The molecule has 1 saturated carbocycles. The Kier molecular flexibility index (Phi) is 5.28. The Morgan fingerprint density at radius 3 is 2.61 bits per heavy atom. The van der Waals surface area contributed by atoms with E-state index in [4.69, 9.17) is 0 Å². The minimum absolute atomic E-state index is 0.0279. The molecular weight excluding hydrogens is 390 g/mol. The first-order valence-corrected chi connectivity index (χ1v) is 10.9. The molecule has 0 atom stereocenters. The molecule has 5 nitrogen and oxygen atoms in total. The number of nitrogens with zero attached hydrogens (tertiary/aromatic N) is 2. The molecule has 1 aromatic carbocycles. The molecule has 1 aliphatic rings. The van der Waals surface area contributed by atoms with Gasteiger partial charge >= 0.3 is 0 Å². The van der Waals surface area contributed by atoms with Crippen molar-refractivity contribution in [2.45, 2.75) is 32.4 Å². The molecule has 3 aromatic rings. The zero-order chi connectivity index (χ0) is 19.7. The highest BCUT2D eigenvalue weighted by molar-refractivity contribution is 7.22. The highest BCUT2D eigenvalue weighted by Crippen LogP contribution is 2.31. The maximum atomic E-state index is 12.9. The number of carbonyl (C=O) groups is 2. The van der Waals surface area contributed by atoms with Gasteiger partial charge in [-0.15, -0.1) is 22.7 Å². The van der Waals surface area contributed by atoms with Gasteiger partial charge in [0.05, 0.1) is 10.6 Å². The predicted molar refractivity (Wildman–Crippen MR) is 113 cm³/mol. The Morgan fingerprint density at radius 2 is 1.96 bits per heavy atom. The second-order valence-corrected chi connectivity index (χ2v) is 8.96. The lowest BCUT2D eigenvalue weighted by atomic mass is 10.1. The maximum Gasteiger partial charge on any atom is 0.265 e. The number of hydrogen-bond donors (Lipinski definition) is 1. The first-order chi connectivity index (χ1) is 13.5. The van der Waals surface area contributed by atoms with E-state index in [2.05, 4.69) is 10.3 Å². The number of nitrogens with one attached hydrogen (secondary N) is 1. The van der Waals surface area contributed by atoms with Crippen LogP contribution < -0.4 is 5.32 Å². The molecule has 1 N–H and O–H groups in total. The lowest BCUT2D eigenvalue weighted by Crippen LogP contribution is -2.26. The Balaban J connectivity index is 1.42. The molecule has 0 spiro atoms. The van der Waals surface area contributed by atoms with Gasteiger partial charge in [0.25, 0.3) is 11.8 Å². The van der Waals surface area contributed by atoms with Gasteiger partial charge in [-0.3, -0.25) is 9.59 Å². The Bertz CT molecular complexity index is 989. The van der Waals surface area contributed by atoms with Crippen LogP contribution in [0.5, 0.6) is 0 Å². The van der Waals surface area contributed by atoms with Crippen LogP contribution in [-0.4, -0.2) is 34.8 Å². The summed E-state index contributed by atoms with van der Waals surface area (Å²) in [4.78, 5) is 33.0. The summed E-state index contributed by atoms with van der Waals surface area (Å²) in [5.41, 5.74) is 2.40. The van der Waals surface area contributed by atoms with Crippen molar-refractivity contribution in [2.24, 2.45) is 0 Å². The summed E-state index contributed by atoms with van der Waals surface area (Å²) in [5, 5.41) is 5.87. The van der Waals surface area contributed by atoms with E-state index < -0.39 is 0 Å². The fraction of sp³-hybridized carbons (Fsp3) is 0.286. The third-order valence-electron chi connectivity index (χ3n) is 4.62. The normalized spacial score (nSPS) is 13.4. The van der Waals surface area contributed by atoms with E-state index in [1.165, 1.54) is 11.3 Å². The summed E-state index contributed by atoms with van der Waals surface area (Å²) in [6.45, 7) is 2.36. The molecule has 0 aliphatic heterocycles. The van der Waals surface area contributed by atoms with Crippen molar-refractivity contribution in [1.82, 2.24) is 15.2 Å². The van der Waals surface area contributed by atoms with Gasteiger partial charge in [-0.1, -0.05) is 18.2 Å². The standard InChI is InChI=1S/C21H21N3O2S2/c1-13-18(28-20(22-13)17-4-3-11-27-17)21(26)24(2)12-14-5-7-15(8-6-14)19(25)23-16-9-10-16/h3-8,11,16H,9-10,12H2,1-2H3,(H,23,25). The number of benzene rings is 1. The number of thiazole rings is 1. The number of aryl methyl sites for hydroxylation is 1. The molecular formula is C21H21N3O2S2. The van der Waals surface area contributed by atoms with Gasteiger partial charge in [0.1, 0.15) is 9.88 Å². The second-order valence-electron chi connectivity index (χ2n) is 7.02. The van der Waals surface area contributed by atoms with Crippen molar-refractivity contribution in [3.8, 4) is 9.88 Å². The first kappa shape index (κ1) is 18.8. The minimum atomic E-state index is -0.0339. The highest BCUT2D eigenvalue weighted by Gasteiger charge is 2.24. The van der Waals surface area contributed by atoms with Gasteiger partial charge in [-0.25, -0.2) is 4.98 Å². The summed E-state index contributed by atoms with van der Waals surface area (Å²) in [6.07, 6.45) is 2.14. The van der Waals surface area contributed by atoms with Crippen molar-refractivity contribution in [1.29, 1.82) is 0 Å². The summed E-state index contributed by atoms with van der Waals surface area (Å²) in [7, 11) is 1.79. The molecule has 1 fully saturated rings. The molecule has 1 aliphatic carbocycles. The number of carbonyl (C=O) groups excluding carboxylic acids is 2. The van der Waals surface area contributed by atoms with Crippen LogP contribution in [0.4, 0.5) is 0 Å². The van der Waals surface area contributed by atoms with E-state index in [0.717, 1.165) is 34.0 Å². The summed E-state index contributed by atoms with van der Waals surface area (Å²) in [6, 6.07) is 11.8. The molecule has 28 heavy (non-hydrogen) atoms. The fourth-order valence-corrected chi connectivity index (χ4v) is 4.74. The summed E-state index contributed by atoms with van der Waals surface area (Å²) in [5.74, 6) is -0.0618. The van der Waals surface area contributed by atoms with Crippen LogP contribution in [0.25, 0.3) is 9.88 Å². The lowest BCUT2D eigenvalue weighted by molar-refractivity contribution is 0.0788. The quantitative estimate of drug-likeness (QED) is 0.656. The van der Waals surface area contributed by atoms with Gasteiger partial charge in [-0.2, -0.15) is 0 Å². The summed E-state index contributed by atoms with van der Waals surface area (Å²) >= 11 is 3.06. The minimum Gasteiger partial charge on any atom is -0.349 e. The summed E-state index contributed by atoms with van der Waals surface area (Å²) < 4.78 is 0. The highest BCUT2D eigenvalue weighted by atomic mass is 32.1. The Labute approximate surface area is 172 Å². The topological polar surface area (TPSA) is 62.3 Å². The van der Waals surface area contributed by atoms with Crippen molar-refractivity contribution in [3.05, 3.63) is 63.5 Å². The van der Waals surface area contributed by atoms with Crippen molar-refractivity contribution >= 4 is 34.5 Å². The third-order valence-corrected chi connectivity index (χ3v) is 6.80. The fourth-order valence-electron chi connectivity index (χ4n) is 2.88. The van der Waals surface area contributed by atoms with Crippen molar-refractivity contribution in [3.63, 3.8) is 0 Å². The van der Waals surface area contributed by atoms with Crippen LogP contribution in [0.3, 0.4) is 0 Å². The van der Waals surface area contributed by atoms with Gasteiger partial charge in [-0.05, 0) is 48.9 Å². The van der Waals surface area contributed by atoms with Gasteiger partial charge in [0.15, 0.2) is 0 Å². The molecule has 2 heterocycles. The van der Waals surface area contributed by atoms with Gasteiger partial charge in [0.2, 0.25) is 0 Å². The SMILES string of the molecule is Cc1nc(-c2cccs2)sc1C(=O)N(C)Cc1ccc(C(=O)NC2CC2)cc1. The molecule has 144 valence electrons. The van der Waals surface area contributed by atoms with Crippen LogP contribution in [0.2, 0.25) is 0 Å². The average molecular weight is 412 g/mol. The van der Waals surface area contributed by atoms with E-state index in [9.17, 15) is 9.59 Å². The Hall–Kier alpha value is -2.51. The number of rotatable bonds is 6. The van der Waals surface area contributed by atoms with E-state index in [0.29, 0.717) is 23.0 Å². The first-order valence-electron chi connectivity index (χ1n) is 9.18. The van der Waals surface area contributed by atoms with Crippen LogP contribution >= 0.6 is 22.7 Å². The molecule has 0 unspecified atom stereocenters. The van der Waals surface area contributed by atoms with E-state index in [-0.39, 0.29) is 11.8 Å². The zero-order valence-corrected chi connectivity index (χ0v) is 17.4. The third kappa shape index (κ3) is 4.15. The monoisotopic (exact) mass is 411 g/mol. The molecule has 2 amide bonds. The molecule has 2 aromatic heterocycles. The van der Waals surface area contributed by atoms with E-state index in [1.54, 1.807) is 23.3 Å². The van der Waals surface area contributed by atoms with Gasteiger partial charge in [0, 0.05) is 25.2 Å². The number of aromatic nitrogens is 1. The van der Waals surface area contributed by atoms with Crippen LogP contribution in [0.1, 0.15) is 44.1 Å². The molecule has 0 radical (unpaired) electrons. The number of hydrogen-bond acceptors (Lipinski definition) is 5. The molecule has 0 saturated heterocycles. The van der Waals surface area contributed by atoms with Crippen LogP contribution in [-0.2, 0) is 6.54 Å². The largest absolute Gasteiger partial charge is 0.349 e. The van der Waals surface area contributed by atoms with E-state index >= 15 is 0 Å². The average Bonchev–Trinajstić information content (AvgIpc) is 3.18. The second kappa shape index (κ2) is 7.85. The zero-order valence-electron chi connectivity index (χ0n) is 15.8. The van der Waals surface area contributed by atoms with Crippen LogP contribution in [0, 0.1) is 6.92 Å². The maximum absolute atomic E-state index is 12.9. The predicted octanol–water partition coefficient (Wildman–Crippen LogP) is 4.34. The van der Waals surface area contributed by atoms with Crippen molar-refractivity contribution in [2.75, 3.05) is 7.05 Å². The molecule has 0 bridgehead atoms. The van der Waals surface area contributed by atoms with Gasteiger partial charge < -0.3 is 10.2 Å². The van der Waals surface area contributed by atoms with E-state index in [1.807, 2.05) is 48.7 Å². The number of thiophene rings is 1. The smallest absolute Gasteiger partial charge is 0.265 e. The van der Waals surface area contributed by atoms with Crippen LogP contribution in [0.15, 0.2) is 41.8 Å². The molecule has 4 rings (SSSR count). The molecule has 7 heteroatoms. The number of amides is 2. The lowest BCUT2D eigenvalue weighted by Gasteiger charge is -2.17.